The number of nitrogens with one attached hydrogen (secondary N) is 2. The fraction of sp³-hybridized carbons (Fsp3) is 0.200. The van der Waals surface area contributed by atoms with E-state index >= 15 is 0 Å². The highest BCUT2D eigenvalue weighted by atomic mass is 16.6. The van der Waals surface area contributed by atoms with Gasteiger partial charge in [0.1, 0.15) is 0 Å². The van der Waals surface area contributed by atoms with Crippen molar-refractivity contribution in [1.29, 1.82) is 0 Å². The molecule has 0 aliphatic carbocycles. The number of non-ortho nitro benzene ring substituents is 1. The Morgan fingerprint density at radius 1 is 1.15 bits per heavy atom. The zero-order chi connectivity index (χ0) is 19.8. The molecule has 0 radical (unpaired) electrons. The Balaban J connectivity index is 2.07. The second-order valence-corrected chi connectivity index (χ2v) is 6.00. The van der Waals surface area contributed by atoms with Gasteiger partial charge in [-0.25, -0.2) is 0 Å². The zero-order valence-corrected chi connectivity index (χ0v) is 15.1. The van der Waals surface area contributed by atoms with Crippen LogP contribution in [0.4, 0.5) is 11.4 Å². The normalized spacial score (nSPS) is 11.8. The predicted octanol–water partition coefficient (Wildman–Crippen LogP) is 3.78. The van der Waals surface area contributed by atoms with Crippen molar-refractivity contribution >= 4 is 29.3 Å². The molecule has 0 fully saturated rings. The van der Waals surface area contributed by atoms with Crippen LogP contribution in [0.2, 0.25) is 0 Å². The van der Waals surface area contributed by atoms with Crippen molar-refractivity contribution in [3.8, 4) is 0 Å². The van der Waals surface area contributed by atoms with Crippen LogP contribution in [0.25, 0.3) is 6.08 Å². The van der Waals surface area contributed by atoms with Crippen LogP contribution in [0.1, 0.15) is 36.2 Å². The lowest BCUT2D eigenvalue weighted by molar-refractivity contribution is -0.384. The highest BCUT2D eigenvalue weighted by molar-refractivity contribution is 6.07. The standard InChI is InChI=1S/C20H21N3O4/c1-3-14(2)21-20(25)17-6-4-5-7-18(17)22-19(24)13-10-15-8-11-16(12-9-15)23(26)27/h4-14H,3H2,1-2H3,(H,21,25)(H,22,24)/b13-10+/t14-/m0/s1. The Labute approximate surface area is 157 Å². The molecule has 7 heteroatoms. The van der Waals surface area contributed by atoms with E-state index in [-0.39, 0.29) is 17.6 Å². The third-order valence-electron chi connectivity index (χ3n) is 3.95. The highest BCUT2D eigenvalue weighted by Crippen LogP contribution is 2.16. The van der Waals surface area contributed by atoms with E-state index in [9.17, 15) is 19.7 Å². The Morgan fingerprint density at radius 3 is 2.44 bits per heavy atom. The summed E-state index contributed by atoms with van der Waals surface area (Å²) >= 11 is 0. The summed E-state index contributed by atoms with van der Waals surface area (Å²) in [4.78, 5) is 34.7. The molecule has 1 atom stereocenters. The van der Waals surface area contributed by atoms with E-state index in [0.29, 0.717) is 16.8 Å². The van der Waals surface area contributed by atoms with Crippen molar-refractivity contribution < 1.29 is 14.5 Å². The number of nitrogens with zero attached hydrogens (tertiary/aromatic N) is 1. The smallest absolute Gasteiger partial charge is 0.269 e. The first-order chi connectivity index (χ1) is 12.9. The number of para-hydroxylation sites is 1. The van der Waals surface area contributed by atoms with E-state index in [4.69, 9.17) is 0 Å². The number of carbonyl (C=O) groups excluding carboxylic acids is 2. The summed E-state index contributed by atoms with van der Waals surface area (Å²) in [5, 5.41) is 16.2. The fourth-order valence-electron chi connectivity index (χ4n) is 2.25. The summed E-state index contributed by atoms with van der Waals surface area (Å²) in [5.74, 6) is -0.656. The Hall–Kier alpha value is -3.48. The maximum absolute atomic E-state index is 12.3. The quantitative estimate of drug-likeness (QED) is 0.442. The second-order valence-electron chi connectivity index (χ2n) is 6.00. The number of rotatable bonds is 7. The number of amides is 2. The van der Waals surface area contributed by atoms with Crippen molar-refractivity contribution in [3.63, 3.8) is 0 Å². The molecule has 0 aromatic heterocycles. The van der Waals surface area contributed by atoms with E-state index in [0.717, 1.165) is 6.42 Å². The van der Waals surface area contributed by atoms with Crippen molar-refractivity contribution in [2.24, 2.45) is 0 Å². The minimum Gasteiger partial charge on any atom is -0.350 e. The number of hydrogen-bond acceptors (Lipinski definition) is 4. The molecule has 0 saturated heterocycles. The molecule has 27 heavy (non-hydrogen) atoms. The van der Waals surface area contributed by atoms with E-state index in [1.807, 2.05) is 13.8 Å². The van der Waals surface area contributed by atoms with E-state index in [2.05, 4.69) is 10.6 Å². The van der Waals surface area contributed by atoms with Gasteiger partial charge in [0.2, 0.25) is 5.91 Å². The lowest BCUT2D eigenvalue weighted by Gasteiger charge is -2.14. The van der Waals surface area contributed by atoms with Gasteiger partial charge >= 0.3 is 0 Å². The molecule has 0 aliphatic rings. The first kappa shape index (κ1) is 19.8. The summed E-state index contributed by atoms with van der Waals surface area (Å²) in [5.41, 5.74) is 1.43. The Bertz CT molecular complexity index is 860. The minimum atomic E-state index is -0.485. The van der Waals surface area contributed by atoms with Gasteiger partial charge in [0.05, 0.1) is 16.2 Å². The summed E-state index contributed by atoms with van der Waals surface area (Å²) in [6.07, 6.45) is 3.66. The summed E-state index contributed by atoms with van der Waals surface area (Å²) in [6, 6.07) is 12.6. The molecular formula is C20H21N3O4. The van der Waals surface area contributed by atoms with Gasteiger partial charge in [-0.1, -0.05) is 19.1 Å². The van der Waals surface area contributed by atoms with Gasteiger partial charge in [-0.2, -0.15) is 0 Å². The molecule has 2 rings (SSSR count). The van der Waals surface area contributed by atoms with E-state index in [1.165, 1.54) is 18.2 Å². The predicted molar refractivity (Wildman–Crippen MR) is 104 cm³/mol. The summed E-state index contributed by atoms with van der Waals surface area (Å²) < 4.78 is 0. The Morgan fingerprint density at radius 2 is 1.81 bits per heavy atom. The largest absolute Gasteiger partial charge is 0.350 e. The van der Waals surface area contributed by atoms with Crippen LogP contribution in [0.5, 0.6) is 0 Å². The number of benzene rings is 2. The van der Waals surface area contributed by atoms with Crippen LogP contribution in [0.3, 0.4) is 0 Å². The van der Waals surface area contributed by atoms with Crippen LogP contribution in [0, 0.1) is 10.1 Å². The number of anilines is 1. The third kappa shape index (κ3) is 5.78. The molecule has 140 valence electrons. The Kier molecular flexibility index (Phi) is 6.82. The fourth-order valence-corrected chi connectivity index (χ4v) is 2.25. The molecule has 0 aliphatic heterocycles. The molecule has 2 N–H and O–H groups in total. The van der Waals surface area contributed by atoms with E-state index < -0.39 is 10.8 Å². The van der Waals surface area contributed by atoms with Crippen LogP contribution in [0.15, 0.2) is 54.6 Å². The van der Waals surface area contributed by atoms with Crippen LogP contribution in [-0.4, -0.2) is 22.8 Å². The highest BCUT2D eigenvalue weighted by Gasteiger charge is 2.13. The average molecular weight is 367 g/mol. The SMILES string of the molecule is CC[C@H](C)NC(=O)c1ccccc1NC(=O)/C=C/c1ccc([N+](=O)[O-])cc1. The first-order valence-electron chi connectivity index (χ1n) is 8.54. The first-order valence-corrected chi connectivity index (χ1v) is 8.54. The molecule has 2 aromatic carbocycles. The molecule has 2 amide bonds. The molecule has 0 heterocycles. The van der Waals surface area contributed by atoms with Crippen LogP contribution in [-0.2, 0) is 4.79 Å². The lowest BCUT2D eigenvalue weighted by atomic mass is 10.1. The lowest BCUT2D eigenvalue weighted by Crippen LogP contribution is -2.32. The van der Waals surface area contributed by atoms with Gasteiger partial charge < -0.3 is 10.6 Å². The molecule has 0 spiro atoms. The molecule has 0 bridgehead atoms. The van der Waals surface area contributed by atoms with Crippen LogP contribution < -0.4 is 10.6 Å². The topological polar surface area (TPSA) is 101 Å². The number of nitro benzene ring substituents is 1. The van der Waals surface area contributed by atoms with Crippen molar-refractivity contribution in [1.82, 2.24) is 5.32 Å². The van der Waals surface area contributed by atoms with Gasteiger partial charge in [0.25, 0.3) is 11.6 Å². The molecule has 0 saturated carbocycles. The van der Waals surface area contributed by atoms with Crippen molar-refractivity contribution in [2.45, 2.75) is 26.3 Å². The molecule has 2 aromatic rings. The summed E-state index contributed by atoms with van der Waals surface area (Å²) in [6.45, 7) is 3.88. The number of nitro groups is 1. The van der Waals surface area contributed by atoms with Gasteiger partial charge in [-0.15, -0.1) is 0 Å². The summed E-state index contributed by atoms with van der Waals surface area (Å²) in [7, 11) is 0. The van der Waals surface area contributed by atoms with Crippen molar-refractivity contribution in [3.05, 3.63) is 75.8 Å². The van der Waals surface area contributed by atoms with Gasteiger partial charge in [0, 0.05) is 24.3 Å². The molecular weight excluding hydrogens is 346 g/mol. The second kappa shape index (κ2) is 9.28. The average Bonchev–Trinajstić information content (AvgIpc) is 2.66. The monoisotopic (exact) mass is 367 g/mol. The van der Waals surface area contributed by atoms with Gasteiger partial charge in [0.15, 0.2) is 0 Å². The zero-order valence-electron chi connectivity index (χ0n) is 15.1. The van der Waals surface area contributed by atoms with Crippen molar-refractivity contribution in [2.75, 3.05) is 5.32 Å². The van der Waals surface area contributed by atoms with Gasteiger partial charge in [-0.05, 0) is 49.2 Å². The maximum atomic E-state index is 12.3. The molecule has 7 nitrogen and oxygen atoms in total. The third-order valence-corrected chi connectivity index (χ3v) is 3.95. The molecule has 0 unspecified atom stereocenters. The van der Waals surface area contributed by atoms with E-state index in [1.54, 1.807) is 42.5 Å². The number of carbonyl (C=O) groups is 2. The maximum Gasteiger partial charge on any atom is 0.269 e. The van der Waals surface area contributed by atoms with Gasteiger partial charge in [-0.3, -0.25) is 19.7 Å². The van der Waals surface area contributed by atoms with Crippen LogP contribution >= 0.6 is 0 Å². The minimum absolute atomic E-state index is 0.0159. The number of hydrogen-bond donors (Lipinski definition) is 2.